The summed E-state index contributed by atoms with van der Waals surface area (Å²) in [5, 5.41) is 6.92. The van der Waals surface area contributed by atoms with Gasteiger partial charge in [-0.3, -0.25) is 4.68 Å². The second-order valence-corrected chi connectivity index (χ2v) is 4.30. The maximum Gasteiger partial charge on any atom is 0.340 e. The molecule has 0 saturated carbocycles. The van der Waals surface area contributed by atoms with Gasteiger partial charge in [0.15, 0.2) is 0 Å². The van der Waals surface area contributed by atoms with Crippen molar-refractivity contribution in [3.05, 3.63) is 47.3 Å². The molecule has 1 N–H and O–H groups in total. The van der Waals surface area contributed by atoms with Crippen LogP contribution in [0.3, 0.4) is 0 Å². The van der Waals surface area contributed by atoms with Gasteiger partial charge >= 0.3 is 5.97 Å². The molecule has 0 fully saturated rings. The van der Waals surface area contributed by atoms with Crippen molar-refractivity contribution in [3.8, 4) is 0 Å². The highest BCUT2D eigenvalue weighted by molar-refractivity contribution is 5.90. The van der Waals surface area contributed by atoms with Crippen LogP contribution in [0, 0.1) is 11.6 Å². The highest BCUT2D eigenvalue weighted by Gasteiger charge is 2.16. The fraction of sp³-hybridized carbons (Fsp3) is 0.286. The Balaban J connectivity index is 2.22. The number of anilines is 1. The van der Waals surface area contributed by atoms with Crippen molar-refractivity contribution >= 4 is 11.7 Å². The van der Waals surface area contributed by atoms with Gasteiger partial charge in [-0.15, -0.1) is 0 Å². The number of halogens is 2. The van der Waals surface area contributed by atoms with Crippen LogP contribution in [0.15, 0.2) is 24.4 Å². The summed E-state index contributed by atoms with van der Waals surface area (Å²) in [6.45, 7) is 2.92. The molecule has 112 valence electrons. The molecule has 7 heteroatoms. The number of nitrogens with one attached hydrogen (secondary N) is 1. The molecule has 1 heterocycles. The molecule has 5 nitrogen and oxygen atoms in total. The minimum absolute atomic E-state index is 0.0284. The molecule has 1 aromatic heterocycles. The molecule has 0 aliphatic carbocycles. The number of hydrogen-bond donors (Lipinski definition) is 1. The first-order valence-corrected chi connectivity index (χ1v) is 6.38. The third-order valence-electron chi connectivity index (χ3n) is 3.03. The van der Waals surface area contributed by atoms with Crippen molar-refractivity contribution < 1.29 is 18.3 Å². The summed E-state index contributed by atoms with van der Waals surface area (Å²) >= 11 is 0. The second kappa shape index (κ2) is 6.34. The van der Waals surface area contributed by atoms with E-state index in [0.29, 0.717) is 19.2 Å². The van der Waals surface area contributed by atoms with Gasteiger partial charge in [-0.25, -0.2) is 13.6 Å². The molecule has 0 amide bonds. The molecule has 0 bridgehead atoms. The smallest absolute Gasteiger partial charge is 0.340 e. The highest BCUT2D eigenvalue weighted by atomic mass is 19.1. The first-order valence-electron chi connectivity index (χ1n) is 6.38. The topological polar surface area (TPSA) is 56.2 Å². The van der Waals surface area contributed by atoms with Gasteiger partial charge in [-0.2, -0.15) is 5.10 Å². The summed E-state index contributed by atoms with van der Waals surface area (Å²) in [5.41, 5.74) is 0.562. The molecule has 1 aromatic carbocycles. The number of aromatic nitrogens is 2. The zero-order chi connectivity index (χ0) is 15.4. The van der Waals surface area contributed by atoms with Gasteiger partial charge in [0.05, 0.1) is 30.6 Å². The van der Waals surface area contributed by atoms with E-state index in [1.54, 1.807) is 16.9 Å². The van der Waals surface area contributed by atoms with Gasteiger partial charge in [0.2, 0.25) is 0 Å². The van der Waals surface area contributed by atoms with E-state index < -0.39 is 17.6 Å². The van der Waals surface area contributed by atoms with E-state index in [4.69, 9.17) is 0 Å². The van der Waals surface area contributed by atoms with Crippen LogP contribution in [0.5, 0.6) is 0 Å². The lowest BCUT2D eigenvalue weighted by molar-refractivity contribution is 0.0595. The van der Waals surface area contributed by atoms with Crippen LogP contribution in [0.4, 0.5) is 14.5 Å². The summed E-state index contributed by atoms with van der Waals surface area (Å²) in [7, 11) is 1.14. The lowest BCUT2D eigenvalue weighted by Gasteiger charge is -2.11. The van der Waals surface area contributed by atoms with Crippen molar-refractivity contribution in [2.45, 2.75) is 20.0 Å². The average Bonchev–Trinajstić information content (AvgIpc) is 2.93. The number of esters is 1. The fourth-order valence-electron chi connectivity index (χ4n) is 1.93. The molecule has 2 rings (SSSR count). The van der Waals surface area contributed by atoms with Crippen molar-refractivity contribution in [2.24, 2.45) is 0 Å². The molecule has 0 saturated heterocycles. The number of methoxy groups -OCH3 is 1. The summed E-state index contributed by atoms with van der Waals surface area (Å²) in [5.74, 6) is -2.58. The monoisotopic (exact) mass is 295 g/mol. The summed E-state index contributed by atoms with van der Waals surface area (Å²) in [6.07, 6.45) is 1.64. The van der Waals surface area contributed by atoms with Gasteiger partial charge in [0, 0.05) is 18.8 Å². The van der Waals surface area contributed by atoms with Crippen molar-refractivity contribution in [3.63, 3.8) is 0 Å². The van der Waals surface area contributed by atoms with Crippen LogP contribution >= 0.6 is 0 Å². The Bertz CT molecular complexity index is 656. The zero-order valence-electron chi connectivity index (χ0n) is 11.7. The molecule has 2 aromatic rings. The number of nitrogens with zero attached hydrogens (tertiary/aromatic N) is 2. The quantitative estimate of drug-likeness (QED) is 0.861. The van der Waals surface area contributed by atoms with Gasteiger partial charge < -0.3 is 10.1 Å². The number of carbonyl (C=O) groups excluding carboxylic acids is 1. The van der Waals surface area contributed by atoms with E-state index in [9.17, 15) is 13.6 Å². The summed E-state index contributed by atoms with van der Waals surface area (Å²) in [6, 6.07) is 3.55. The number of ether oxygens (including phenoxy) is 1. The molecule has 0 unspecified atom stereocenters. The zero-order valence-corrected chi connectivity index (χ0v) is 11.7. The van der Waals surface area contributed by atoms with Crippen LogP contribution in [0.2, 0.25) is 0 Å². The Morgan fingerprint density at radius 3 is 2.81 bits per heavy atom. The largest absolute Gasteiger partial charge is 0.465 e. The number of carbonyl (C=O) groups is 1. The molecule has 0 aliphatic heterocycles. The van der Waals surface area contributed by atoms with E-state index in [0.717, 1.165) is 18.9 Å². The summed E-state index contributed by atoms with van der Waals surface area (Å²) < 4.78 is 33.5. The first kappa shape index (κ1) is 15.0. The lowest BCUT2D eigenvalue weighted by Crippen LogP contribution is -2.11. The number of aryl methyl sites for hydroxylation is 1. The third kappa shape index (κ3) is 3.18. The predicted octanol–water partition coefficient (Wildman–Crippen LogP) is 2.58. The molecule has 0 spiro atoms. The Labute approximate surface area is 120 Å². The van der Waals surface area contributed by atoms with Crippen LogP contribution in [0.1, 0.15) is 23.0 Å². The van der Waals surface area contributed by atoms with Gasteiger partial charge in [0.25, 0.3) is 0 Å². The fourth-order valence-corrected chi connectivity index (χ4v) is 1.93. The van der Waals surface area contributed by atoms with Gasteiger partial charge in [-0.1, -0.05) is 0 Å². The van der Waals surface area contributed by atoms with Gasteiger partial charge in [-0.05, 0) is 19.1 Å². The number of rotatable bonds is 5. The molecule has 0 radical (unpaired) electrons. The average molecular weight is 295 g/mol. The molecule has 0 atom stereocenters. The van der Waals surface area contributed by atoms with Crippen molar-refractivity contribution in [2.75, 3.05) is 12.4 Å². The van der Waals surface area contributed by atoms with Crippen LogP contribution in [0.25, 0.3) is 0 Å². The number of hydrogen-bond acceptors (Lipinski definition) is 4. The maximum atomic E-state index is 13.7. The standard InChI is InChI=1S/C14H15F2N3O2/c1-3-19-9(4-5-18-19)8-17-13-6-10(14(20)21-2)11(15)7-12(13)16/h4-7,17H,3,8H2,1-2H3. The molecule has 0 aliphatic rings. The van der Waals surface area contributed by atoms with Crippen LogP contribution in [-0.2, 0) is 17.8 Å². The Hall–Kier alpha value is -2.44. The van der Waals surface area contributed by atoms with E-state index in [-0.39, 0.29) is 11.3 Å². The van der Waals surface area contributed by atoms with Crippen LogP contribution < -0.4 is 5.32 Å². The van der Waals surface area contributed by atoms with Crippen molar-refractivity contribution in [1.82, 2.24) is 9.78 Å². The minimum atomic E-state index is -0.955. The minimum Gasteiger partial charge on any atom is -0.465 e. The maximum absolute atomic E-state index is 13.7. The Morgan fingerprint density at radius 2 is 2.14 bits per heavy atom. The molecular weight excluding hydrogens is 280 g/mol. The normalized spacial score (nSPS) is 10.5. The predicted molar refractivity (Wildman–Crippen MR) is 72.9 cm³/mol. The van der Waals surface area contributed by atoms with E-state index in [1.165, 1.54) is 0 Å². The lowest BCUT2D eigenvalue weighted by atomic mass is 10.1. The van der Waals surface area contributed by atoms with Crippen LogP contribution in [-0.4, -0.2) is 22.9 Å². The highest BCUT2D eigenvalue weighted by Crippen LogP contribution is 2.21. The van der Waals surface area contributed by atoms with E-state index in [1.807, 2.05) is 6.92 Å². The SMILES string of the molecule is CCn1nccc1CNc1cc(C(=O)OC)c(F)cc1F. The molecule has 21 heavy (non-hydrogen) atoms. The Morgan fingerprint density at radius 1 is 1.38 bits per heavy atom. The van der Waals surface area contributed by atoms with E-state index >= 15 is 0 Å². The Kier molecular flexibility index (Phi) is 4.52. The van der Waals surface area contributed by atoms with E-state index in [2.05, 4.69) is 15.2 Å². The van der Waals surface area contributed by atoms with Crippen molar-refractivity contribution in [1.29, 1.82) is 0 Å². The molecular formula is C14H15F2N3O2. The summed E-state index contributed by atoms with van der Waals surface area (Å²) in [4.78, 5) is 11.4. The first-order chi connectivity index (χ1) is 10.1. The number of benzene rings is 1. The second-order valence-electron chi connectivity index (χ2n) is 4.30. The van der Waals surface area contributed by atoms with Gasteiger partial charge in [0.1, 0.15) is 11.6 Å². The third-order valence-corrected chi connectivity index (χ3v) is 3.03.